The summed E-state index contributed by atoms with van der Waals surface area (Å²) in [6.45, 7) is 2.65. The van der Waals surface area contributed by atoms with Crippen molar-refractivity contribution in [3.05, 3.63) is 65.5 Å². The predicted octanol–water partition coefficient (Wildman–Crippen LogP) is 3.49. The second kappa shape index (κ2) is 6.58. The van der Waals surface area contributed by atoms with Crippen LogP contribution in [0.2, 0.25) is 5.02 Å². The number of nitrogens with zero attached hydrogens (tertiary/aromatic N) is 4. The first-order chi connectivity index (χ1) is 10.8. The van der Waals surface area contributed by atoms with Gasteiger partial charge in [0.25, 0.3) is 0 Å². The Balaban J connectivity index is 1.86. The van der Waals surface area contributed by atoms with Gasteiger partial charge >= 0.3 is 0 Å². The van der Waals surface area contributed by atoms with Gasteiger partial charge in [0, 0.05) is 12.4 Å². The molecule has 0 aliphatic heterocycles. The summed E-state index contributed by atoms with van der Waals surface area (Å²) < 4.78 is 1.87. The van der Waals surface area contributed by atoms with Crippen LogP contribution in [-0.2, 0) is 13.0 Å². The highest BCUT2D eigenvalue weighted by Gasteiger charge is 2.12. The van der Waals surface area contributed by atoms with E-state index in [4.69, 9.17) is 11.6 Å². The topological polar surface area (TPSA) is 55.6 Å². The van der Waals surface area contributed by atoms with Gasteiger partial charge in [0.05, 0.1) is 34.8 Å². The summed E-state index contributed by atoms with van der Waals surface area (Å²) >= 11 is 6.27. The highest BCUT2D eigenvalue weighted by Crippen LogP contribution is 2.25. The first-order valence-corrected chi connectivity index (χ1v) is 7.49. The van der Waals surface area contributed by atoms with Gasteiger partial charge in [-0.1, -0.05) is 30.7 Å². The second-order valence-corrected chi connectivity index (χ2v) is 5.15. The van der Waals surface area contributed by atoms with Crippen molar-refractivity contribution in [2.24, 2.45) is 0 Å². The largest absolute Gasteiger partial charge is 0.375 e. The van der Waals surface area contributed by atoms with Crippen molar-refractivity contribution in [1.82, 2.24) is 19.7 Å². The molecule has 0 aliphatic rings. The van der Waals surface area contributed by atoms with Gasteiger partial charge in [0.2, 0.25) is 0 Å². The van der Waals surface area contributed by atoms with Crippen LogP contribution in [0.15, 0.2) is 48.9 Å². The van der Waals surface area contributed by atoms with Crippen LogP contribution in [0, 0.1) is 0 Å². The van der Waals surface area contributed by atoms with Crippen molar-refractivity contribution in [1.29, 1.82) is 0 Å². The molecular formula is C16H16ClN5. The summed E-state index contributed by atoms with van der Waals surface area (Å²) in [6.07, 6.45) is 6.12. The molecule has 0 saturated heterocycles. The van der Waals surface area contributed by atoms with Crippen LogP contribution in [0.1, 0.15) is 18.4 Å². The Kier molecular flexibility index (Phi) is 4.34. The Labute approximate surface area is 134 Å². The zero-order valence-corrected chi connectivity index (χ0v) is 13.0. The van der Waals surface area contributed by atoms with Crippen molar-refractivity contribution in [3.8, 4) is 5.69 Å². The SMILES string of the molecule is CCc1c(NCc2ncccn2)cnn1-c1ccccc1Cl. The van der Waals surface area contributed by atoms with E-state index in [1.807, 2.05) is 35.1 Å². The van der Waals surface area contributed by atoms with Crippen molar-refractivity contribution in [2.45, 2.75) is 19.9 Å². The summed E-state index contributed by atoms with van der Waals surface area (Å²) in [6, 6.07) is 9.48. The minimum absolute atomic E-state index is 0.558. The van der Waals surface area contributed by atoms with E-state index in [0.29, 0.717) is 11.6 Å². The molecule has 0 atom stereocenters. The van der Waals surface area contributed by atoms with Gasteiger partial charge in [-0.2, -0.15) is 5.10 Å². The lowest BCUT2D eigenvalue weighted by Crippen LogP contribution is -2.07. The zero-order chi connectivity index (χ0) is 15.4. The van der Waals surface area contributed by atoms with E-state index >= 15 is 0 Å². The minimum Gasteiger partial charge on any atom is -0.375 e. The Morgan fingerprint density at radius 3 is 2.64 bits per heavy atom. The lowest BCUT2D eigenvalue weighted by molar-refractivity contribution is 0.814. The van der Waals surface area contributed by atoms with Gasteiger partial charge in [-0.15, -0.1) is 0 Å². The van der Waals surface area contributed by atoms with Gasteiger partial charge in [0.1, 0.15) is 5.82 Å². The van der Waals surface area contributed by atoms with Crippen molar-refractivity contribution in [2.75, 3.05) is 5.32 Å². The molecule has 0 fully saturated rings. The number of para-hydroxylation sites is 1. The normalized spacial score (nSPS) is 10.6. The maximum atomic E-state index is 6.27. The monoisotopic (exact) mass is 313 g/mol. The number of benzene rings is 1. The molecule has 0 saturated carbocycles. The number of halogens is 1. The number of aromatic nitrogens is 4. The molecule has 0 amide bonds. The van der Waals surface area contributed by atoms with Crippen LogP contribution >= 0.6 is 11.6 Å². The van der Waals surface area contributed by atoms with Crippen LogP contribution in [0.25, 0.3) is 5.69 Å². The number of hydrogen-bond acceptors (Lipinski definition) is 4. The molecule has 112 valence electrons. The highest BCUT2D eigenvalue weighted by molar-refractivity contribution is 6.32. The van der Waals surface area contributed by atoms with Gasteiger partial charge < -0.3 is 5.32 Å². The number of hydrogen-bond donors (Lipinski definition) is 1. The van der Waals surface area contributed by atoms with Crippen LogP contribution < -0.4 is 5.32 Å². The number of nitrogens with one attached hydrogen (secondary N) is 1. The van der Waals surface area contributed by atoms with Crippen LogP contribution in [0.5, 0.6) is 0 Å². The maximum absolute atomic E-state index is 6.27. The molecule has 0 unspecified atom stereocenters. The van der Waals surface area contributed by atoms with Gasteiger partial charge in [-0.05, 0) is 24.6 Å². The van der Waals surface area contributed by atoms with E-state index in [2.05, 4.69) is 27.3 Å². The third-order valence-corrected chi connectivity index (χ3v) is 3.66. The molecule has 2 aromatic heterocycles. The average molecular weight is 314 g/mol. The van der Waals surface area contributed by atoms with Crippen LogP contribution in [-0.4, -0.2) is 19.7 Å². The number of anilines is 1. The molecule has 22 heavy (non-hydrogen) atoms. The van der Waals surface area contributed by atoms with Crippen molar-refractivity contribution in [3.63, 3.8) is 0 Å². The van der Waals surface area contributed by atoms with Crippen LogP contribution in [0.3, 0.4) is 0 Å². The molecule has 0 radical (unpaired) electrons. The molecule has 1 N–H and O–H groups in total. The molecule has 3 aromatic rings. The fourth-order valence-corrected chi connectivity index (χ4v) is 2.50. The van der Waals surface area contributed by atoms with Crippen molar-refractivity contribution < 1.29 is 0 Å². The van der Waals surface area contributed by atoms with E-state index in [1.165, 1.54) is 0 Å². The van der Waals surface area contributed by atoms with E-state index in [-0.39, 0.29) is 0 Å². The van der Waals surface area contributed by atoms with E-state index in [9.17, 15) is 0 Å². The lowest BCUT2D eigenvalue weighted by Gasteiger charge is -2.10. The van der Waals surface area contributed by atoms with E-state index in [0.717, 1.165) is 29.3 Å². The highest BCUT2D eigenvalue weighted by atomic mass is 35.5. The van der Waals surface area contributed by atoms with Gasteiger partial charge in [0.15, 0.2) is 0 Å². The van der Waals surface area contributed by atoms with Crippen molar-refractivity contribution >= 4 is 17.3 Å². The lowest BCUT2D eigenvalue weighted by atomic mass is 10.2. The fraction of sp³-hybridized carbons (Fsp3) is 0.188. The quantitative estimate of drug-likeness (QED) is 0.783. The Bertz CT molecular complexity index is 754. The Hall–Kier alpha value is -2.40. The summed E-state index contributed by atoms with van der Waals surface area (Å²) in [7, 11) is 0. The molecule has 2 heterocycles. The van der Waals surface area contributed by atoms with Gasteiger partial charge in [-0.3, -0.25) is 0 Å². The standard InChI is InChI=1S/C16H16ClN5/c1-2-14-13(20-11-16-18-8-5-9-19-16)10-21-22(14)15-7-4-3-6-12(15)17/h3-10,20H,2,11H2,1H3. The molecule has 3 rings (SSSR count). The molecule has 1 aromatic carbocycles. The van der Waals surface area contributed by atoms with E-state index < -0.39 is 0 Å². The van der Waals surface area contributed by atoms with E-state index in [1.54, 1.807) is 18.5 Å². The zero-order valence-electron chi connectivity index (χ0n) is 12.2. The Morgan fingerprint density at radius 1 is 1.14 bits per heavy atom. The fourth-order valence-electron chi connectivity index (χ4n) is 2.29. The average Bonchev–Trinajstić information content (AvgIpc) is 2.97. The van der Waals surface area contributed by atoms with Crippen LogP contribution in [0.4, 0.5) is 5.69 Å². The molecule has 0 spiro atoms. The summed E-state index contributed by atoms with van der Waals surface area (Å²) in [4.78, 5) is 8.41. The first-order valence-electron chi connectivity index (χ1n) is 7.11. The smallest absolute Gasteiger partial charge is 0.147 e. The maximum Gasteiger partial charge on any atom is 0.147 e. The first kappa shape index (κ1) is 14.5. The second-order valence-electron chi connectivity index (χ2n) is 4.74. The molecule has 6 heteroatoms. The minimum atomic E-state index is 0.558. The molecule has 0 aliphatic carbocycles. The summed E-state index contributed by atoms with van der Waals surface area (Å²) in [5, 5.41) is 8.48. The summed E-state index contributed by atoms with van der Waals surface area (Å²) in [5.41, 5.74) is 2.92. The summed E-state index contributed by atoms with van der Waals surface area (Å²) in [5.74, 6) is 0.745. The molecule has 5 nitrogen and oxygen atoms in total. The number of rotatable bonds is 5. The van der Waals surface area contributed by atoms with Gasteiger partial charge in [-0.25, -0.2) is 14.6 Å². The third-order valence-electron chi connectivity index (χ3n) is 3.34. The molecular weight excluding hydrogens is 298 g/mol. The third kappa shape index (κ3) is 2.94. The molecule has 0 bridgehead atoms. The predicted molar refractivity (Wildman–Crippen MR) is 87.3 cm³/mol. The Morgan fingerprint density at radius 2 is 1.91 bits per heavy atom.